The molecule has 1 aromatic carbocycles. The molecule has 1 aliphatic rings. The second-order valence-electron chi connectivity index (χ2n) is 5.58. The highest BCUT2D eigenvalue weighted by Gasteiger charge is 2.24. The third-order valence-electron chi connectivity index (χ3n) is 4.28. The van der Waals surface area contributed by atoms with Gasteiger partial charge >= 0.3 is 0 Å². The van der Waals surface area contributed by atoms with Crippen LogP contribution in [-0.4, -0.2) is 29.8 Å². The summed E-state index contributed by atoms with van der Waals surface area (Å²) in [6.45, 7) is 6.55. The molecule has 104 valence electrons. The van der Waals surface area contributed by atoms with Gasteiger partial charge in [0.1, 0.15) is 0 Å². The first-order chi connectivity index (χ1) is 9.08. The largest absolute Gasteiger partial charge is 0.300 e. The zero-order valence-electron chi connectivity index (χ0n) is 11.7. The maximum atomic E-state index is 12.1. The Balaban J connectivity index is 1.90. The Hall–Kier alpha value is -0.860. The third kappa shape index (κ3) is 3.80. The number of carbonyl (C=O) groups is 1. The first kappa shape index (κ1) is 14.5. The maximum Gasteiger partial charge on any atom is 0.164 e. The Morgan fingerprint density at radius 1 is 1.42 bits per heavy atom. The van der Waals surface area contributed by atoms with Gasteiger partial charge in [-0.3, -0.25) is 9.69 Å². The number of ketones is 1. The van der Waals surface area contributed by atoms with Crippen LogP contribution in [0.1, 0.15) is 43.5 Å². The molecule has 0 N–H and O–H groups in total. The van der Waals surface area contributed by atoms with E-state index in [1.54, 1.807) is 12.1 Å². The number of likely N-dealkylation sites (tertiary alicyclic amines) is 1. The van der Waals surface area contributed by atoms with Gasteiger partial charge < -0.3 is 0 Å². The van der Waals surface area contributed by atoms with Crippen molar-refractivity contribution in [3.63, 3.8) is 0 Å². The first-order valence-electron chi connectivity index (χ1n) is 7.10. The van der Waals surface area contributed by atoms with Crippen LogP contribution in [0, 0.1) is 5.92 Å². The van der Waals surface area contributed by atoms with E-state index in [0.717, 1.165) is 24.6 Å². The maximum absolute atomic E-state index is 12.1. The summed E-state index contributed by atoms with van der Waals surface area (Å²) in [6.07, 6.45) is 3.13. The molecular weight excluding hydrogens is 258 g/mol. The van der Waals surface area contributed by atoms with E-state index >= 15 is 0 Å². The summed E-state index contributed by atoms with van der Waals surface area (Å²) >= 11 is 5.92. The molecule has 3 heteroatoms. The molecule has 0 saturated carbocycles. The van der Waals surface area contributed by atoms with Crippen LogP contribution >= 0.6 is 11.6 Å². The molecule has 2 rings (SSSR count). The molecule has 1 aliphatic heterocycles. The highest BCUT2D eigenvalue weighted by molar-refractivity contribution is 6.31. The van der Waals surface area contributed by atoms with Gasteiger partial charge in [-0.2, -0.15) is 0 Å². The van der Waals surface area contributed by atoms with Gasteiger partial charge in [0.05, 0.1) is 0 Å². The van der Waals surface area contributed by atoms with E-state index in [1.807, 2.05) is 12.1 Å². The molecule has 1 heterocycles. The standard InChI is InChI=1S/C16H22ClNO/c1-12-5-4-9-18(13(12)2)10-8-16(19)14-6-3-7-15(17)11-14/h3,6-7,11-13H,4-5,8-10H2,1-2H3. The van der Waals surface area contributed by atoms with E-state index < -0.39 is 0 Å². The number of rotatable bonds is 4. The predicted octanol–water partition coefficient (Wildman–Crippen LogP) is 4.03. The molecular formula is C16H22ClNO. The molecule has 19 heavy (non-hydrogen) atoms. The number of hydrogen-bond acceptors (Lipinski definition) is 2. The van der Waals surface area contributed by atoms with E-state index in [0.29, 0.717) is 17.5 Å². The lowest BCUT2D eigenvalue weighted by Gasteiger charge is -2.37. The lowest BCUT2D eigenvalue weighted by Crippen LogP contribution is -2.43. The molecule has 0 radical (unpaired) electrons. The van der Waals surface area contributed by atoms with Gasteiger partial charge in [-0.15, -0.1) is 0 Å². The topological polar surface area (TPSA) is 20.3 Å². The number of piperidine rings is 1. The molecule has 0 spiro atoms. The zero-order valence-corrected chi connectivity index (χ0v) is 12.5. The van der Waals surface area contributed by atoms with Gasteiger partial charge in [0, 0.05) is 29.6 Å². The summed E-state index contributed by atoms with van der Waals surface area (Å²) in [6, 6.07) is 7.82. The Labute approximate surface area is 120 Å². The Kier molecular flexibility index (Phi) is 5.00. The van der Waals surface area contributed by atoms with Crippen LogP contribution in [0.25, 0.3) is 0 Å². The fraction of sp³-hybridized carbons (Fsp3) is 0.562. The number of nitrogens with zero attached hydrogens (tertiary/aromatic N) is 1. The molecule has 1 fully saturated rings. The highest BCUT2D eigenvalue weighted by Crippen LogP contribution is 2.23. The Morgan fingerprint density at radius 3 is 2.95 bits per heavy atom. The molecule has 2 nitrogen and oxygen atoms in total. The average molecular weight is 280 g/mol. The lowest BCUT2D eigenvalue weighted by atomic mass is 9.92. The normalized spacial score (nSPS) is 24.4. The van der Waals surface area contributed by atoms with Crippen LogP contribution in [0.3, 0.4) is 0 Å². The van der Waals surface area contributed by atoms with Crippen LogP contribution in [0.15, 0.2) is 24.3 Å². The summed E-state index contributed by atoms with van der Waals surface area (Å²) in [5, 5.41) is 0.630. The van der Waals surface area contributed by atoms with E-state index in [-0.39, 0.29) is 5.78 Å². The van der Waals surface area contributed by atoms with Gasteiger partial charge in [-0.05, 0) is 44.4 Å². The van der Waals surface area contributed by atoms with Crippen molar-refractivity contribution in [2.75, 3.05) is 13.1 Å². The van der Waals surface area contributed by atoms with Crippen molar-refractivity contribution < 1.29 is 4.79 Å². The third-order valence-corrected chi connectivity index (χ3v) is 4.51. The van der Waals surface area contributed by atoms with Gasteiger partial charge in [-0.1, -0.05) is 30.7 Å². The van der Waals surface area contributed by atoms with Crippen LogP contribution < -0.4 is 0 Å². The van der Waals surface area contributed by atoms with Crippen molar-refractivity contribution in [2.45, 2.75) is 39.2 Å². The molecule has 0 aromatic heterocycles. The SMILES string of the molecule is CC1CCCN(CCC(=O)c2cccc(Cl)c2)C1C. The smallest absolute Gasteiger partial charge is 0.164 e. The number of Topliss-reactive ketones (excluding diaryl/α,β-unsaturated/α-hetero) is 1. The number of carbonyl (C=O) groups excluding carboxylic acids is 1. The molecule has 0 amide bonds. The lowest BCUT2D eigenvalue weighted by molar-refractivity contribution is 0.0878. The minimum Gasteiger partial charge on any atom is -0.300 e. The molecule has 1 saturated heterocycles. The Morgan fingerprint density at radius 2 is 2.21 bits per heavy atom. The van der Waals surface area contributed by atoms with Crippen molar-refractivity contribution in [1.29, 1.82) is 0 Å². The van der Waals surface area contributed by atoms with Gasteiger partial charge in [-0.25, -0.2) is 0 Å². The quantitative estimate of drug-likeness (QED) is 0.776. The molecule has 0 bridgehead atoms. The number of hydrogen-bond donors (Lipinski definition) is 0. The van der Waals surface area contributed by atoms with Gasteiger partial charge in [0.15, 0.2) is 5.78 Å². The zero-order chi connectivity index (χ0) is 13.8. The predicted molar refractivity (Wildman–Crippen MR) is 79.8 cm³/mol. The van der Waals surface area contributed by atoms with Crippen LogP contribution in [0.5, 0.6) is 0 Å². The van der Waals surface area contributed by atoms with Gasteiger partial charge in [0.2, 0.25) is 0 Å². The summed E-state index contributed by atoms with van der Waals surface area (Å²) in [4.78, 5) is 14.6. The minimum atomic E-state index is 0.188. The molecule has 2 unspecified atom stereocenters. The van der Waals surface area contributed by atoms with Crippen LogP contribution in [-0.2, 0) is 0 Å². The van der Waals surface area contributed by atoms with Crippen LogP contribution in [0.2, 0.25) is 5.02 Å². The summed E-state index contributed by atoms with van der Waals surface area (Å²) in [5.41, 5.74) is 0.727. The number of benzene rings is 1. The summed E-state index contributed by atoms with van der Waals surface area (Å²) in [5.74, 6) is 0.919. The second-order valence-corrected chi connectivity index (χ2v) is 6.02. The van der Waals surface area contributed by atoms with Crippen molar-refractivity contribution in [1.82, 2.24) is 4.90 Å². The van der Waals surface area contributed by atoms with Crippen LogP contribution in [0.4, 0.5) is 0 Å². The van der Waals surface area contributed by atoms with E-state index in [4.69, 9.17) is 11.6 Å². The minimum absolute atomic E-state index is 0.188. The fourth-order valence-corrected chi connectivity index (χ4v) is 2.98. The van der Waals surface area contributed by atoms with Crippen molar-refractivity contribution >= 4 is 17.4 Å². The molecule has 1 aromatic rings. The average Bonchev–Trinajstić information content (AvgIpc) is 2.40. The van der Waals surface area contributed by atoms with Crippen molar-refractivity contribution in [3.8, 4) is 0 Å². The monoisotopic (exact) mass is 279 g/mol. The van der Waals surface area contributed by atoms with E-state index in [2.05, 4.69) is 18.7 Å². The fourth-order valence-electron chi connectivity index (χ4n) is 2.79. The van der Waals surface area contributed by atoms with Crippen molar-refractivity contribution in [3.05, 3.63) is 34.9 Å². The van der Waals surface area contributed by atoms with Gasteiger partial charge in [0.25, 0.3) is 0 Å². The van der Waals surface area contributed by atoms with E-state index in [9.17, 15) is 4.79 Å². The van der Waals surface area contributed by atoms with Crippen molar-refractivity contribution in [2.24, 2.45) is 5.92 Å². The first-order valence-corrected chi connectivity index (χ1v) is 7.48. The number of halogens is 1. The summed E-state index contributed by atoms with van der Waals surface area (Å²) in [7, 11) is 0. The highest BCUT2D eigenvalue weighted by atomic mass is 35.5. The molecule has 2 atom stereocenters. The summed E-state index contributed by atoms with van der Waals surface area (Å²) < 4.78 is 0. The Bertz CT molecular complexity index is 446. The molecule has 0 aliphatic carbocycles. The second kappa shape index (κ2) is 6.53. The van der Waals surface area contributed by atoms with E-state index in [1.165, 1.54) is 12.8 Å².